The van der Waals surface area contributed by atoms with E-state index >= 15 is 0 Å². The van der Waals surface area contributed by atoms with Crippen LogP contribution in [-0.2, 0) is 7.05 Å². The van der Waals surface area contributed by atoms with E-state index in [2.05, 4.69) is 17.3 Å². The Morgan fingerprint density at radius 3 is 2.50 bits per heavy atom. The molecule has 0 spiro atoms. The van der Waals surface area contributed by atoms with E-state index in [1.807, 2.05) is 18.7 Å². The Kier molecular flexibility index (Phi) is 2.23. The van der Waals surface area contributed by atoms with Gasteiger partial charge < -0.3 is 11.1 Å². The molecule has 1 aliphatic carbocycles. The van der Waals surface area contributed by atoms with Crippen LogP contribution in [0.15, 0.2) is 0 Å². The van der Waals surface area contributed by atoms with Crippen molar-refractivity contribution in [2.75, 3.05) is 5.32 Å². The van der Waals surface area contributed by atoms with Gasteiger partial charge >= 0.3 is 0 Å². The Hall–Kier alpha value is -1.03. The van der Waals surface area contributed by atoms with Gasteiger partial charge in [0.1, 0.15) is 0 Å². The quantitative estimate of drug-likeness (QED) is 0.736. The monoisotopic (exact) mass is 194 g/mol. The summed E-state index contributed by atoms with van der Waals surface area (Å²) in [5, 5.41) is 7.87. The highest BCUT2D eigenvalue weighted by atomic mass is 15.3. The first kappa shape index (κ1) is 9.52. The van der Waals surface area contributed by atoms with E-state index in [1.54, 1.807) is 0 Å². The molecule has 0 amide bonds. The zero-order valence-electron chi connectivity index (χ0n) is 9.04. The maximum atomic E-state index is 5.74. The lowest BCUT2D eigenvalue weighted by Crippen LogP contribution is -2.44. The minimum Gasteiger partial charge on any atom is -0.379 e. The van der Waals surface area contributed by atoms with Crippen molar-refractivity contribution >= 4 is 5.69 Å². The average Bonchev–Trinajstić information content (AvgIpc) is 2.29. The minimum atomic E-state index is 0.393. The molecule has 4 heteroatoms. The van der Waals surface area contributed by atoms with Gasteiger partial charge in [-0.25, -0.2) is 0 Å². The largest absolute Gasteiger partial charge is 0.379 e. The summed E-state index contributed by atoms with van der Waals surface area (Å²) in [5.74, 6) is 0. The second-order valence-corrected chi connectivity index (χ2v) is 4.24. The molecule has 1 aliphatic rings. The molecule has 4 nitrogen and oxygen atoms in total. The number of aryl methyl sites for hydroxylation is 2. The zero-order chi connectivity index (χ0) is 10.3. The second-order valence-electron chi connectivity index (χ2n) is 4.24. The Morgan fingerprint density at radius 1 is 1.43 bits per heavy atom. The summed E-state index contributed by atoms with van der Waals surface area (Å²) >= 11 is 0. The number of aromatic nitrogens is 2. The van der Waals surface area contributed by atoms with E-state index in [-0.39, 0.29) is 0 Å². The SMILES string of the molecule is Cc1nn(C)c(C)c1NC1CC(N)C1. The predicted molar refractivity (Wildman–Crippen MR) is 57.3 cm³/mol. The first-order valence-electron chi connectivity index (χ1n) is 5.10. The molecule has 0 aliphatic heterocycles. The van der Waals surface area contributed by atoms with Gasteiger partial charge in [0.25, 0.3) is 0 Å². The summed E-state index contributed by atoms with van der Waals surface area (Å²) in [6.45, 7) is 4.12. The van der Waals surface area contributed by atoms with Crippen LogP contribution in [0.25, 0.3) is 0 Å². The average molecular weight is 194 g/mol. The molecular weight excluding hydrogens is 176 g/mol. The summed E-state index contributed by atoms with van der Waals surface area (Å²) in [6, 6.07) is 0.941. The first-order valence-corrected chi connectivity index (χ1v) is 5.10. The third kappa shape index (κ3) is 1.50. The van der Waals surface area contributed by atoms with E-state index in [0.717, 1.165) is 18.5 Å². The van der Waals surface area contributed by atoms with Gasteiger partial charge in [-0.15, -0.1) is 0 Å². The molecule has 1 saturated carbocycles. The van der Waals surface area contributed by atoms with Crippen LogP contribution in [0.2, 0.25) is 0 Å². The number of rotatable bonds is 2. The number of hydrogen-bond acceptors (Lipinski definition) is 3. The smallest absolute Gasteiger partial charge is 0.0827 e. The summed E-state index contributed by atoms with van der Waals surface area (Å²) in [6.07, 6.45) is 2.15. The van der Waals surface area contributed by atoms with E-state index in [1.165, 1.54) is 11.4 Å². The normalized spacial score (nSPS) is 26.0. The topological polar surface area (TPSA) is 55.9 Å². The van der Waals surface area contributed by atoms with Crippen LogP contribution in [0.3, 0.4) is 0 Å². The molecule has 1 heterocycles. The molecular formula is C10H18N4. The number of hydrogen-bond donors (Lipinski definition) is 2. The third-order valence-corrected chi connectivity index (χ3v) is 3.03. The highest BCUT2D eigenvalue weighted by Gasteiger charge is 2.27. The van der Waals surface area contributed by atoms with E-state index in [4.69, 9.17) is 5.73 Å². The molecule has 3 N–H and O–H groups in total. The van der Waals surface area contributed by atoms with Gasteiger partial charge in [0.05, 0.1) is 17.1 Å². The van der Waals surface area contributed by atoms with E-state index in [0.29, 0.717) is 12.1 Å². The molecule has 1 aromatic heterocycles. The van der Waals surface area contributed by atoms with Crippen LogP contribution in [0.1, 0.15) is 24.2 Å². The summed E-state index contributed by atoms with van der Waals surface area (Å²) in [7, 11) is 1.97. The maximum Gasteiger partial charge on any atom is 0.0827 e. The maximum absolute atomic E-state index is 5.74. The van der Waals surface area contributed by atoms with Gasteiger partial charge in [0, 0.05) is 19.1 Å². The van der Waals surface area contributed by atoms with Crippen molar-refractivity contribution in [1.82, 2.24) is 9.78 Å². The van der Waals surface area contributed by atoms with Crippen molar-refractivity contribution in [2.45, 2.75) is 38.8 Å². The van der Waals surface area contributed by atoms with Gasteiger partial charge in [0.15, 0.2) is 0 Å². The zero-order valence-corrected chi connectivity index (χ0v) is 9.04. The summed E-state index contributed by atoms with van der Waals surface area (Å²) < 4.78 is 1.91. The van der Waals surface area contributed by atoms with Crippen molar-refractivity contribution < 1.29 is 0 Å². The van der Waals surface area contributed by atoms with Crippen LogP contribution < -0.4 is 11.1 Å². The number of nitrogens with zero attached hydrogens (tertiary/aromatic N) is 2. The van der Waals surface area contributed by atoms with Gasteiger partial charge in [-0.1, -0.05) is 0 Å². The lowest BCUT2D eigenvalue weighted by Gasteiger charge is -2.33. The summed E-state index contributed by atoms with van der Waals surface area (Å²) in [5.41, 5.74) is 9.20. The van der Waals surface area contributed by atoms with Crippen molar-refractivity contribution in [3.63, 3.8) is 0 Å². The molecule has 78 valence electrons. The molecule has 2 rings (SSSR count). The molecule has 0 bridgehead atoms. The molecule has 0 saturated heterocycles. The van der Waals surface area contributed by atoms with Crippen LogP contribution in [0, 0.1) is 13.8 Å². The molecule has 1 fully saturated rings. The molecule has 14 heavy (non-hydrogen) atoms. The number of nitrogens with two attached hydrogens (primary N) is 1. The minimum absolute atomic E-state index is 0.393. The van der Waals surface area contributed by atoms with Gasteiger partial charge in [-0.2, -0.15) is 5.10 Å². The highest BCUT2D eigenvalue weighted by Crippen LogP contribution is 2.26. The Morgan fingerprint density at radius 2 is 2.07 bits per heavy atom. The van der Waals surface area contributed by atoms with Crippen LogP contribution in [-0.4, -0.2) is 21.9 Å². The van der Waals surface area contributed by atoms with Crippen molar-refractivity contribution in [1.29, 1.82) is 0 Å². The predicted octanol–water partition coefficient (Wildman–Crippen LogP) is 0.939. The molecule has 0 atom stereocenters. The Balaban J connectivity index is 2.09. The van der Waals surface area contributed by atoms with Crippen LogP contribution >= 0.6 is 0 Å². The standard InChI is InChI=1S/C10H18N4/c1-6-10(7(2)14(3)13-6)12-9-4-8(11)5-9/h8-9,12H,4-5,11H2,1-3H3. The van der Waals surface area contributed by atoms with Crippen molar-refractivity contribution in [3.05, 3.63) is 11.4 Å². The lowest BCUT2D eigenvalue weighted by atomic mass is 9.87. The van der Waals surface area contributed by atoms with E-state index < -0.39 is 0 Å². The third-order valence-electron chi connectivity index (χ3n) is 3.03. The number of nitrogens with one attached hydrogen (secondary N) is 1. The number of anilines is 1. The summed E-state index contributed by atoms with van der Waals surface area (Å²) in [4.78, 5) is 0. The lowest BCUT2D eigenvalue weighted by molar-refractivity contribution is 0.373. The van der Waals surface area contributed by atoms with Gasteiger partial charge in [-0.3, -0.25) is 4.68 Å². The molecule has 0 radical (unpaired) electrons. The van der Waals surface area contributed by atoms with E-state index in [9.17, 15) is 0 Å². The highest BCUT2D eigenvalue weighted by molar-refractivity contribution is 5.53. The Labute approximate surface area is 84.5 Å². The fourth-order valence-corrected chi connectivity index (χ4v) is 1.97. The van der Waals surface area contributed by atoms with Crippen molar-refractivity contribution in [3.8, 4) is 0 Å². The van der Waals surface area contributed by atoms with Crippen LogP contribution in [0.5, 0.6) is 0 Å². The molecule has 0 unspecified atom stereocenters. The van der Waals surface area contributed by atoms with Gasteiger partial charge in [-0.05, 0) is 26.7 Å². The second kappa shape index (κ2) is 3.28. The van der Waals surface area contributed by atoms with Crippen molar-refractivity contribution in [2.24, 2.45) is 12.8 Å². The van der Waals surface area contributed by atoms with Gasteiger partial charge in [0.2, 0.25) is 0 Å². The fraction of sp³-hybridized carbons (Fsp3) is 0.700. The molecule has 0 aromatic carbocycles. The Bertz CT molecular complexity index is 336. The molecule has 1 aromatic rings. The fourth-order valence-electron chi connectivity index (χ4n) is 1.97. The van der Waals surface area contributed by atoms with Crippen LogP contribution in [0.4, 0.5) is 5.69 Å². The first-order chi connectivity index (χ1) is 6.58.